The van der Waals surface area contributed by atoms with Crippen molar-refractivity contribution in [3.63, 3.8) is 0 Å². The summed E-state index contributed by atoms with van der Waals surface area (Å²) in [6.45, 7) is 0.818. The van der Waals surface area contributed by atoms with E-state index < -0.39 is 35.6 Å². The smallest absolute Gasteiger partial charge is 0.416 e. The van der Waals surface area contributed by atoms with Crippen molar-refractivity contribution in [1.29, 1.82) is 0 Å². The third-order valence-electron chi connectivity index (χ3n) is 7.13. The zero-order chi connectivity index (χ0) is 29.7. The molecule has 0 bridgehead atoms. The first-order chi connectivity index (χ1) is 19.4. The van der Waals surface area contributed by atoms with Gasteiger partial charge < -0.3 is 82.4 Å². The maximum atomic E-state index is 13.3. The largest absolute Gasteiger partial charge is 1.00 e. The van der Waals surface area contributed by atoms with Crippen LogP contribution < -0.4 is 82.4 Å². The summed E-state index contributed by atoms with van der Waals surface area (Å²) in [6.07, 6.45) is -2.96. The highest BCUT2D eigenvalue weighted by Crippen LogP contribution is 2.29. The number of benzene rings is 2. The number of nitrogens with one attached hydrogen (secondary N) is 3. The van der Waals surface area contributed by atoms with Crippen LogP contribution in [-0.4, -0.2) is 59.9 Å². The number of carbonyl (C=O) groups excluding carboxylic acids is 3. The number of nitrogens with zero attached hydrogens (tertiary/aromatic N) is 1. The fourth-order valence-electron chi connectivity index (χ4n) is 4.64. The minimum Gasteiger partial charge on any atom is -1.00 e. The van der Waals surface area contributed by atoms with Crippen molar-refractivity contribution in [3.8, 4) is 0 Å². The number of aromatic nitrogens is 1. The molecule has 3 amide bonds. The van der Waals surface area contributed by atoms with Gasteiger partial charge in [0.15, 0.2) is 6.20 Å². The number of quaternary nitrogens is 1. The first-order valence-electron chi connectivity index (χ1n) is 13.2. The second kappa shape index (κ2) is 21.1. The Morgan fingerprint density at radius 3 is 2.17 bits per heavy atom. The average molecular weight is 748 g/mol. The van der Waals surface area contributed by atoms with E-state index in [1.54, 1.807) is 17.2 Å². The number of hydrogen-bond acceptors (Lipinski definition) is 5. The van der Waals surface area contributed by atoms with Crippen LogP contribution in [0.2, 0.25) is 0 Å². The molecule has 3 aromatic rings. The molecular weight excluding hydrogens is 705 g/mol. The summed E-state index contributed by atoms with van der Waals surface area (Å²) >= 11 is 0. The van der Waals surface area contributed by atoms with Gasteiger partial charge in [0.25, 0.3) is 0 Å². The molecule has 0 radical (unpaired) electrons. The van der Waals surface area contributed by atoms with Gasteiger partial charge in [-0.05, 0) is 36.2 Å². The number of anilines is 1. The number of fused-ring (bicyclic) bond motifs is 1. The molecular formula is C30H42Cl4F3N7O3-2. The highest BCUT2D eigenvalue weighted by atomic mass is 35.5. The minimum absolute atomic E-state index is 0. The number of likely N-dealkylation sites (tertiary alicyclic amines) is 1. The minimum atomic E-state index is -4.50. The number of H-pyrrole nitrogens is 1. The molecule has 0 spiro atoms. The lowest BCUT2D eigenvalue weighted by Crippen LogP contribution is -3.00. The van der Waals surface area contributed by atoms with E-state index in [2.05, 4.69) is 21.4 Å². The average Bonchev–Trinajstić information content (AvgIpc) is 3.28. The van der Waals surface area contributed by atoms with Crippen molar-refractivity contribution in [1.82, 2.24) is 10.2 Å². The van der Waals surface area contributed by atoms with Gasteiger partial charge in [0.05, 0.1) is 24.2 Å². The maximum Gasteiger partial charge on any atom is 0.416 e. The molecule has 266 valence electrons. The van der Waals surface area contributed by atoms with E-state index >= 15 is 0 Å². The van der Waals surface area contributed by atoms with E-state index in [1.165, 1.54) is 12.1 Å². The van der Waals surface area contributed by atoms with Crippen LogP contribution in [0.5, 0.6) is 0 Å². The molecule has 2 aromatic carbocycles. The van der Waals surface area contributed by atoms with Crippen LogP contribution in [0, 0.1) is 0 Å². The molecule has 1 saturated heterocycles. The summed E-state index contributed by atoms with van der Waals surface area (Å²) < 4.78 is 39.0. The van der Waals surface area contributed by atoms with Crippen molar-refractivity contribution in [2.75, 3.05) is 18.4 Å². The normalized spacial score (nSPS) is 16.3. The summed E-state index contributed by atoms with van der Waals surface area (Å²) in [4.78, 5) is 43.5. The fourth-order valence-corrected chi connectivity index (χ4v) is 4.64. The predicted octanol–water partition coefficient (Wildman–Crippen LogP) is -10.5. The lowest BCUT2D eigenvalue weighted by Gasteiger charge is -2.21. The van der Waals surface area contributed by atoms with Gasteiger partial charge in [-0.15, -0.1) is 0 Å². The lowest BCUT2D eigenvalue weighted by molar-refractivity contribution is -0.416. The van der Waals surface area contributed by atoms with Crippen molar-refractivity contribution in [2.45, 2.75) is 64.5 Å². The topological polar surface area (TPSA) is 172 Å². The molecule has 4 atom stereocenters. The molecule has 17 heteroatoms. The Morgan fingerprint density at radius 1 is 0.979 bits per heavy atom. The monoisotopic (exact) mass is 745 g/mol. The zero-order valence-corrected chi connectivity index (χ0v) is 26.8. The molecule has 10 N–H and O–H groups in total. The number of carbonyl (C=O) groups is 3. The Kier molecular flexibility index (Phi) is 21.8. The first kappa shape index (κ1) is 48.5. The first-order valence-corrected chi connectivity index (χ1v) is 13.2. The van der Waals surface area contributed by atoms with Crippen LogP contribution in [0.15, 0.2) is 60.8 Å². The lowest BCUT2D eigenvalue weighted by atomic mass is 10.0. The van der Waals surface area contributed by atoms with Crippen LogP contribution in [0.25, 0.3) is 10.9 Å². The Bertz CT molecular complexity index is 1410. The molecule has 47 heavy (non-hydrogen) atoms. The summed E-state index contributed by atoms with van der Waals surface area (Å²) in [5, 5.41) is 6.19. The van der Waals surface area contributed by atoms with E-state index in [9.17, 15) is 27.6 Å². The Hall–Kier alpha value is -2.91. The van der Waals surface area contributed by atoms with Gasteiger partial charge in [0, 0.05) is 30.8 Å². The van der Waals surface area contributed by atoms with Gasteiger partial charge in [-0.3, -0.25) is 14.4 Å². The Morgan fingerprint density at radius 2 is 1.60 bits per heavy atom. The summed E-state index contributed by atoms with van der Waals surface area (Å²) in [5.74, 6) is -1.44. The third kappa shape index (κ3) is 13.3. The number of rotatable bonds is 9. The molecule has 1 fully saturated rings. The second-order valence-electron chi connectivity index (χ2n) is 10.3. The van der Waals surface area contributed by atoms with Crippen LogP contribution in [0.4, 0.5) is 18.9 Å². The van der Waals surface area contributed by atoms with Gasteiger partial charge in [-0.2, -0.15) is 13.2 Å². The van der Waals surface area contributed by atoms with Crippen molar-refractivity contribution in [3.05, 3.63) is 71.9 Å². The van der Waals surface area contributed by atoms with E-state index in [1.807, 2.05) is 24.3 Å². The molecule has 1 aliphatic rings. The number of amides is 3. The highest BCUT2D eigenvalue weighted by molar-refractivity contribution is 5.98. The number of nitrogens with two attached hydrogens (primary N) is 2. The van der Waals surface area contributed by atoms with Crippen molar-refractivity contribution >= 4 is 34.3 Å². The van der Waals surface area contributed by atoms with Gasteiger partial charge in [0.2, 0.25) is 23.2 Å². The Labute approximate surface area is 297 Å². The van der Waals surface area contributed by atoms with E-state index in [0.29, 0.717) is 24.3 Å². The second-order valence-corrected chi connectivity index (χ2v) is 10.3. The van der Waals surface area contributed by atoms with Crippen LogP contribution >= 0.6 is 0 Å². The van der Waals surface area contributed by atoms with Crippen LogP contribution in [-0.2, 0) is 27.0 Å². The number of hydrogen-bond donors (Lipinski definition) is 5. The molecule has 0 unspecified atom stereocenters. The number of pyridine rings is 1. The molecule has 2 heterocycles. The number of halogens is 7. The maximum absolute atomic E-state index is 13.3. The summed E-state index contributed by atoms with van der Waals surface area (Å²) in [6, 6.07) is 11.0. The number of alkyl halides is 3. The van der Waals surface area contributed by atoms with Gasteiger partial charge in [-0.25, -0.2) is 4.98 Å². The molecule has 0 aliphatic carbocycles. The Balaban J connectivity index is -0.00000323. The van der Waals surface area contributed by atoms with Gasteiger partial charge >= 0.3 is 6.18 Å². The van der Waals surface area contributed by atoms with E-state index in [4.69, 9.17) is 11.5 Å². The highest BCUT2D eigenvalue weighted by Gasteiger charge is 2.34. The van der Waals surface area contributed by atoms with Gasteiger partial charge in [-0.1, -0.05) is 39.1 Å². The number of para-hydroxylation sites is 1. The van der Waals surface area contributed by atoms with Crippen LogP contribution in [0.1, 0.15) is 38.8 Å². The number of aromatic amines is 1. The third-order valence-corrected chi connectivity index (χ3v) is 7.13. The molecule has 4 rings (SSSR count). The molecule has 1 aliphatic heterocycles. The van der Waals surface area contributed by atoms with E-state index in [0.717, 1.165) is 23.0 Å². The van der Waals surface area contributed by atoms with E-state index in [-0.39, 0.29) is 102 Å². The SMILES string of the molecule is C.C.N[C@@H](CCC(=O)N1C[C@H](N)[C@@H]([NH3+])C1)C(=O)N[C@H](Cc1ccc(C(F)(F)F)cc1)C(=O)Nc1c[nH+]c2ccccc2c1.[Cl-].[Cl-].[Cl-].[Cl-]. The standard InChI is InChI=1S/C28H32F3N7O3.2CH4.4ClH/c29-28(30,31)18-7-5-16(6-8-18)11-24(27(41)36-19-12-17-3-1-2-4-23(17)35-13-19)37-26(40)20(32)9-10-25(39)38-14-21(33)22(34)15-38;;;;;;/h1-8,12-13,20-22,24H,9-11,14-15,32-34H2,(H,36,41)(H,37,40);2*1H4;4*1H/p-2/t20-,21-,22-,24+;;;;;;/m0....../s1. The predicted molar refractivity (Wildman–Crippen MR) is 158 cm³/mol. The molecule has 0 saturated carbocycles. The quantitative estimate of drug-likeness (QED) is 0.146. The molecule has 10 nitrogen and oxygen atoms in total. The van der Waals surface area contributed by atoms with Crippen molar-refractivity contribution < 1.29 is 87.9 Å². The zero-order valence-electron chi connectivity index (χ0n) is 23.8. The molecule has 1 aromatic heterocycles. The summed E-state index contributed by atoms with van der Waals surface area (Å²) in [5.41, 5.74) is 16.8. The fraction of sp³-hybridized carbons (Fsp3) is 0.400. The van der Waals surface area contributed by atoms with Gasteiger partial charge in [0.1, 0.15) is 17.8 Å². The summed E-state index contributed by atoms with van der Waals surface area (Å²) in [7, 11) is 0. The van der Waals surface area contributed by atoms with Crippen LogP contribution in [0.3, 0.4) is 0 Å². The van der Waals surface area contributed by atoms with Crippen molar-refractivity contribution in [2.24, 2.45) is 11.5 Å².